The second-order valence-electron chi connectivity index (χ2n) is 15.4. The number of fused-ring (bicyclic) bond motifs is 5. The van der Waals surface area contributed by atoms with E-state index in [9.17, 15) is 14.4 Å². The summed E-state index contributed by atoms with van der Waals surface area (Å²) in [5.41, 5.74) is 1.74. The summed E-state index contributed by atoms with van der Waals surface area (Å²) < 4.78 is 5.50. The van der Waals surface area contributed by atoms with E-state index in [0.29, 0.717) is 30.0 Å². The van der Waals surface area contributed by atoms with Crippen molar-refractivity contribution < 1.29 is 24.2 Å². The van der Waals surface area contributed by atoms with Crippen LogP contribution in [0.4, 0.5) is 0 Å². The summed E-state index contributed by atoms with van der Waals surface area (Å²) in [5.74, 6) is 2.57. The van der Waals surface area contributed by atoms with E-state index in [4.69, 9.17) is 9.84 Å². The van der Waals surface area contributed by atoms with E-state index >= 15 is 0 Å². The van der Waals surface area contributed by atoms with Gasteiger partial charge in [0.05, 0.1) is 0 Å². The van der Waals surface area contributed by atoms with E-state index in [1.165, 1.54) is 89.5 Å². The molecule has 0 saturated heterocycles. The van der Waals surface area contributed by atoms with Crippen LogP contribution in [0.1, 0.15) is 162 Å². The second-order valence-corrected chi connectivity index (χ2v) is 15.4. The molecule has 0 radical (unpaired) electrons. The summed E-state index contributed by atoms with van der Waals surface area (Å²) in [6.45, 7) is 6.19. The summed E-state index contributed by atoms with van der Waals surface area (Å²) in [7, 11) is 0. The number of aliphatic carboxylic acids is 1. The Kier molecular flexibility index (Phi) is 13.2. The average Bonchev–Trinajstić information content (AvgIpc) is 3.61. The van der Waals surface area contributed by atoms with Gasteiger partial charge in [-0.05, 0) is 93.3 Å². The number of ether oxygens (including phenoxy) is 1. The van der Waals surface area contributed by atoms with Crippen LogP contribution in [0.15, 0.2) is 23.8 Å². The van der Waals surface area contributed by atoms with Crippen LogP contribution in [0.5, 0.6) is 0 Å². The molecule has 5 aliphatic carbocycles. The summed E-state index contributed by atoms with van der Waals surface area (Å²) >= 11 is 0. The Hall–Kier alpha value is -1.91. The van der Waals surface area contributed by atoms with E-state index in [2.05, 4.69) is 32.1 Å². The molecule has 0 bridgehead atoms. The van der Waals surface area contributed by atoms with Crippen molar-refractivity contribution in [2.24, 2.45) is 34.5 Å². The molecule has 0 amide bonds. The lowest BCUT2D eigenvalue weighted by molar-refractivity contribution is -0.148. The van der Waals surface area contributed by atoms with Crippen molar-refractivity contribution in [2.75, 3.05) is 0 Å². The lowest BCUT2D eigenvalue weighted by Crippen LogP contribution is -2.50. The number of rotatable bonds is 14. The molecule has 248 valence electrons. The molecule has 0 spiro atoms. The van der Waals surface area contributed by atoms with Crippen LogP contribution < -0.4 is 0 Å². The molecule has 44 heavy (non-hydrogen) atoms. The lowest BCUT2D eigenvalue weighted by Gasteiger charge is -2.56. The van der Waals surface area contributed by atoms with Gasteiger partial charge in [-0.15, -0.1) is 0 Å². The van der Waals surface area contributed by atoms with Crippen molar-refractivity contribution in [3.05, 3.63) is 23.8 Å². The van der Waals surface area contributed by atoms with Crippen molar-refractivity contribution >= 4 is 17.7 Å². The lowest BCUT2D eigenvalue weighted by atomic mass is 9.48. The number of Topliss-reactive ketones (excluding diaryl/α,β-unsaturated/α-hetero) is 1. The first-order valence-electron chi connectivity index (χ1n) is 18.4. The Morgan fingerprint density at radius 3 is 2.14 bits per heavy atom. The van der Waals surface area contributed by atoms with E-state index in [1.54, 1.807) is 0 Å². The number of carbonyl (C=O) groups is 3. The number of carbonyl (C=O) groups excluding carboxylic acids is 2. The SMILES string of the molecule is CC(=O)OC1CCC2(C)C(=CCC3C4CCC(=O)C4(C)CCC32)C1.O=C(O)CCCCCCCCCCCCC1C=CCC1. The smallest absolute Gasteiger partial charge is 0.303 e. The third kappa shape index (κ3) is 9.09. The largest absolute Gasteiger partial charge is 0.481 e. The van der Waals surface area contributed by atoms with Crippen LogP contribution in [0.2, 0.25) is 0 Å². The predicted octanol–water partition coefficient (Wildman–Crippen LogP) is 10.2. The highest BCUT2D eigenvalue weighted by Crippen LogP contribution is 2.64. The Bertz CT molecular complexity index is 1030. The van der Waals surface area contributed by atoms with Crippen LogP contribution in [-0.2, 0) is 19.1 Å². The zero-order chi connectivity index (χ0) is 31.6. The molecule has 5 aliphatic rings. The van der Waals surface area contributed by atoms with Crippen molar-refractivity contribution in [3.63, 3.8) is 0 Å². The normalized spacial score (nSPS) is 33.8. The molecule has 0 aromatic rings. The minimum atomic E-state index is -0.655. The highest BCUT2D eigenvalue weighted by atomic mass is 16.5. The van der Waals surface area contributed by atoms with Gasteiger partial charge in [0.25, 0.3) is 0 Å². The minimum absolute atomic E-state index is 0.0438. The monoisotopic (exact) mass is 610 g/mol. The van der Waals surface area contributed by atoms with Gasteiger partial charge in [0.1, 0.15) is 11.9 Å². The van der Waals surface area contributed by atoms with Gasteiger partial charge >= 0.3 is 11.9 Å². The number of ketones is 1. The van der Waals surface area contributed by atoms with Crippen molar-refractivity contribution in [1.29, 1.82) is 0 Å². The maximum Gasteiger partial charge on any atom is 0.303 e. The molecule has 5 heteroatoms. The summed E-state index contributed by atoms with van der Waals surface area (Å²) in [6.07, 6.45) is 32.7. The molecule has 5 rings (SSSR count). The quantitative estimate of drug-likeness (QED) is 0.120. The van der Waals surface area contributed by atoms with Crippen LogP contribution >= 0.6 is 0 Å². The standard InChI is InChI=1S/C21H30O3.C18H32O2/c1-13(22)24-15-8-10-20(2)14(12-15)4-5-16-17-6-7-19(23)21(17,3)11-9-18(16)20;19-18(20)16-10-8-6-4-2-1-3-5-7-9-13-17-14-11-12-15-17/h4,15-18H,5-12H2,1-3H3;11,14,17H,1-10,12-13,15-16H2,(H,19,20). The zero-order valence-corrected chi connectivity index (χ0v) is 28.3. The number of carboxylic acid groups (broad SMARTS) is 1. The molecule has 1 N–H and O–H groups in total. The van der Waals surface area contributed by atoms with E-state index in [-0.39, 0.29) is 22.9 Å². The van der Waals surface area contributed by atoms with Gasteiger partial charge in [-0.1, -0.05) is 95.4 Å². The molecule has 0 aromatic heterocycles. The third-order valence-corrected chi connectivity index (χ3v) is 12.4. The van der Waals surface area contributed by atoms with Gasteiger partial charge in [0.15, 0.2) is 0 Å². The first kappa shape index (κ1) is 35.0. The van der Waals surface area contributed by atoms with Gasteiger partial charge < -0.3 is 9.84 Å². The average molecular weight is 611 g/mol. The van der Waals surface area contributed by atoms with Gasteiger partial charge in [0.2, 0.25) is 0 Å². The predicted molar refractivity (Wildman–Crippen MR) is 177 cm³/mol. The molecular weight excluding hydrogens is 548 g/mol. The van der Waals surface area contributed by atoms with Crippen molar-refractivity contribution in [2.45, 2.75) is 168 Å². The molecular formula is C39H62O5. The minimum Gasteiger partial charge on any atom is -0.481 e. The Balaban J connectivity index is 0.000000205. The van der Waals surface area contributed by atoms with Crippen molar-refractivity contribution in [3.8, 4) is 0 Å². The van der Waals surface area contributed by atoms with E-state index in [1.807, 2.05) is 0 Å². The summed E-state index contributed by atoms with van der Waals surface area (Å²) in [5, 5.41) is 8.52. The fourth-order valence-electron chi connectivity index (χ4n) is 9.77. The Morgan fingerprint density at radius 2 is 1.50 bits per heavy atom. The highest BCUT2D eigenvalue weighted by Gasteiger charge is 2.58. The second kappa shape index (κ2) is 16.6. The molecule has 5 nitrogen and oxygen atoms in total. The van der Waals surface area contributed by atoms with Gasteiger partial charge in [0, 0.05) is 31.6 Å². The fraction of sp³-hybridized carbons (Fsp3) is 0.821. The Labute approximate surface area is 268 Å². The summed E-state index contributed by atoms with van der Waals surface area (Å²) in [4.78, 5) is 34.1. The maximum absolute atomic E-state index is 12.4. The van der Waals surface area contributed by atoms with Crippen molar-refractivity contribution in [1.82, 2.24) is 0 Å². The van der Waals surface area contributed by atoms with Crippen LogP contribution in [0.25, 0.3) is 0 Å². The van der Waals surface area contributed by atoms with E-state index < -0.39 is 5.97 Å². The van der Waals surface area contributed by atoms with Crippen LogP contribution in [0, 0.1) is 34.5 Å². The molecule has 7 unspecified atom stereocenters. The number of hydrogen-bond acceptors (Lipinski definition) is 4. The van der Waals surface area contributed by atoms with Crippen LogP contribution in [-0.4, -0.2) is 28.9 Å². The summed E-state index contributed by atoms with van der Waals surface area (Å²) in [6, 6.07) is 0. The Morgan fingerprint density at radius 1 is 0.864 bits per heavy atom. The van der Waals surface area contributed by atoms with E-state index in [0.717, 1.165) is 63.7 Å². The molecule has 0 heterocycles. The van der Waals surface area contributed by atoms with Gasteiger partial charge in [-0.3, -0.25) is 14.4 Å². The maximum atomic E-state index is 12.4. The van der Waals surface area contributed by atoms with Gasteiger partial charge in [-0.25, -0.2) is 0 Å². The topological polar surface area (TPSA) is 80.7 Å². The number of carboxylic acids is 1. The molecule has 7 atom stereocenters. The number of hydrogen-bond donors (Lipinski definition) is 1. The van der Waals surface area contributed by atoms with Crippen LogP contribution in [0.3, 0.4) is 0 Å². The van der Waals surface area contributed by atoms with Gasteiger partial charge in [-0.2, -0.15) is 0 Å². The first-order valence-corrected chi connectivity index (χ1v) is 18.4. The molecule has 3 fully saturated rings. The first-order chi connectivity index (χ1) is 21.1. The number of unbranched alkanes of at least 4 members (excludes halogenated alkanes) is 9. The highest BCUT2D eigenvalue weighted by molar-refractivity contribution is 5.87. The number of allylic oxidation sites excluding steroid dienone is 3. The number of esters is 1. The fourth-order valence-corrected chi connectivity index (χ4v) is 9.77. The molecule has 0 aromatic carbocycles. The molecule has 0 aliphatic heterocycles. The third-order valence-electron chi connectivity index (χ3n) is 12.4. The zero-order valence-electron chi connectivity index (χ0n) is 28.3. The molecule has 3 saturated carbocycles.